The van der Waals surface area contributed by atoms with Crippen LogP contribution in [-0.2, 0) is 19.6 Å². The van der Waals surface area contributed by atoms with E-state index in [1.54, 1.807) is 0 Å². The maximum atomic E-state index is 4.65. The highest BCUT2D eigenvalue weighted by atomic mass is 32.1. The van der Waals surface area contributed by atoms with Crippen molar-refractivity contribution in [1.82, 2.24) is 20.2 Å². The van der Waals surface area contributed by atoms with Gasteiger partial charge in [-0.05, 0) is 67.6 Å². The summed E-state index contributed by atoms with van der Waals surface area (Å²) in [6.07, 6.45) is 4.11. The third kappa shape index (κ3) is 4.29. The fourth-order valence-corrected chi connectivity index (χ4v) is 4.39. The number of rotatable bonds is 6. The van der Waals surface area contributed by atoms with E-state index in [4.69, 9.17) is 0 Å². The van der Waals surface area contributed by atoms with Crippen LogP contribution in [0.2, 0.25) is 0 Å². The maximum absolute atomic E-state index is 4.65. The normalized spacial score (nSPS) is 15.9. The number of nitrogens with zero attached hydrogens (tertiary/aromatic N) is 2. The van der Waals surface area contributed by atoms with Gasteiger partial charge < -0.3 is 10.3 Å². The predicted molar refractivity (Wildman–Crippen MR) is 105 cm³/mol. The van der Waals surface area contributed by atoms with Crippen molar-refractivity contribution in [3.05, 3.63) is 51.5 Å². The topological polar surface area (TPSA) is 44.0 Å². The van der Waals surface area contributed by atoms with E-state index in [1.807, 2.05) is 11.3 Å². The lowest BCUT2D eigenvalue weighted by atomic mass is 10.1. The van der Waals surface area contributed by atoms with Crippen LogP contribution in [0.5, 0.6) is 0 Å². The Hall–Kier alpha value is -1.69. The van der Waals surface area contributed by atoms with Gasteiger partial charge in [-0.2, -0.15) is 0 Å². The number of H-pyrrole nitrogens is 1. The van der Waals surface area contributed by atoms with E-state index in [0.29, 0.717) is 0 Å². The first kappa shape index (κ1) is 16.8. The number of aromatic nitrogens is 2. The van der Waals surface area contributed by atoms with E-state index in [9.17, 15) is 0 Å². The number of benzene rings is 1. The quantitative estimate of drug-likeness (QED) is 0.697. The lowest BCUT2D eigenvalue weighted by molar-refractivity contribution is 0.221. The van der Waals surface area contributed by atoms with Gasteiger partial charge in [0.15, 0.2) is 0 Å². The average molecular weight is 355 g/mol. The molecule has 0 bridgehead atoms. The van der Waals surface area contributed by atoms with E-state index in [0.717, 1.165) is 36.5 Å². The highest BCUT2D eigenvalue weighted by Gasteiger charge is 2.11. The van der Waals surface area contributed by atoms with Gasteiger partial charge in [0.05, 0.1) is 17.6 Å². The summed E-state index contributed by atoms with van der Waals surface area (Å²) in [7, 11) is 0. The number of aromatic amines is 1. The molecule has 2 N–H and O–H groups in total. The van der Waals surface area contributed by atoms with Crippen molar-refractivity contribution in [2.45, 2.75) is 45.8 Å². The van der Waals surface area contributed by atoms with Crippen molar-refractivity contribution >= 4 is 22.4 Å². The van der Waals surface area contributed by atoms with Crippen molar-refractivity contribution in [2.24, 2.45) is 0 Å². The molecule has 1 aliphatic rings. The van der Waals surface area contributed by atoms with E-state index in [-0.39, 0.29) is 0 Å². The highest BCUT2D eigenvalue weighted by Crippen LogP contribution is 2.19. The van der Waals surface area contributed by atoms with E-state index < -0.39 is 0 Å². The van der Waals surface area contributed by atoms with E-state index in [1.165, 1.54) is 48.4 Å². The van der Waals surface area contributed by atoms with Crippen LogP contribution in [0.3, 0.4) is 0 Å². The Bertz CT molecular complexity index is 829. The molecule has 0 unspecified atom stereocenters. The molecule has 3 heterocycles. The zero-order chi connectivity index (χ0) is 17.1. The van der Waals surface area contributed by atoms with Crippen LogP contribution in [0.1, 0.15) is 41.1 Å². The molecule has 25 heavy (non-hydrogen) atoms. The first-order valence-corrected chi connectivity index (χ1v) is 10.1. The number of likely N-dealkylation sites (tertiary alicyclic amines) is 1. The summed E-state index contributed by atoms with van der Waals surface area (Å²) in [5.41, 5.74) is 4.89. The van der Waals surface area contributed by atoms with Crippen molar-refractivity contribution < 1.29 is 0 Å². The lowest BCUT2D eigenvalue weighted by Gasteiger charge is -2.25. The number of thiophene rings is 1. The van der Waals surface area contributed by atoms with Crippen molar-refractivity contribution in [1.29, 1.82) is 0 Å². The standard InChI is InChI=1S/C20H26N4S/c1-15-5-6-18-19(9-15)23-20(22-18)12-21-11-17-10-16(14-25-17)13-24-7-3-2-4-8-24/h5-6,9-10,14,21H,2-4,7-8,11-13H2,1H3,(H,22,23). The molecular formula is C20H26N4S. The summed E-state index contributed by atoms with van der Waals surface area (Å²) >= 11 is 1.86. The molecule has 1 aliphatic heterocycles. The van der Waals surface area contributed by atoms with Crippen LogP contribution in [0, 0.1) is 6.92 Å². The number of piperidine rings is 1. The number of aryl methyl sites for hydroxylation is 1. The Morgan fingerprint density at radius 1 is 1.16 bits per heavy atom. The molecule has 5 heteroatoms. The Morgan fingerprint density at radius 3 is 2.92 bits per heavy atom. The Labute approximate surface area is 153 Å². The zero-order valence-electron chi connectivity index (χ0n) is 14.8. The van der Waals surface area contributed by atoms with Crippen LogP contribution in [-0.4, -0.2) is 28.0 Å². The van der Waals surface area contributed by atoms with Crippen LogP contribution < -0.4 is 5.32 Å². The molecule has 1 fully saturated rings. The van der Waals surface area contributed by atoms with Gasteiger partial charge >= 0.3 is 0 Å². The molecule has 1 aromatic carbocycles. The van der Waals surface area contributed by atoms with E-state index >= 15 is 0 Å². The molecule has 0 atom stereocenters. The fraction of sp³-hybridized carbons (Fsp3) is 0.450. The summed E-state index contributed by atoms with van der Waals surface area (Å²) in [6, 6.07) is 8.69. The summed E-state index contributed by atoms with van der Waals surface area (Å²) in [6.45, 7) is 7.41. The number of fused-ring (bicyclic) bond motifs is 1. The minimum Gasteiger partial charge on any atom is -0.341 e. The van der Waals surface area contributed by atoms with Gasteiger partial charge in [0, 0.05) is 18.0 Å². The van der Waals surface area contributed by atoms with Crippen LogP contribution in [0.4, 0.5) is 0 Å². The molecule has 0 radical (unpaired) electrons. The largest absolute Gasteiger partial charge is 0.341 e. The SMILES string of the molecule is Cc1ccc2nc(CNCc3cc(CN4CCCCC4)cs3)[nH]c2c1. The van der Waals surface area contributed by atoms with Crippen LogP contribution >= 0.6 is 11.3 Å². The lowest BCUT2D eigenvalue weighted by Crippen LogP contribution is -2.28. The number of nitrogens with one attached hydrogen (secondary N) is 2. The zero-order valence-corrected chi connectivity index (χ0v) is 15.7. The van der Waals surface area contributed by atoms with Crippen LogP contribution in [0.15, 0.2) is 29.6 Å². The molecule has 3 aromatic rings. The molecule has 132 valence electrons. The first-order chi connectivity index (χ1) is 12.3. The summed E-state index contributed by atoms with van der Waals surface area (Å²) in [5, 5.41) is 5.83. The Kier molecular flexibility index (Phi) is 5.15. The molecule has 0 saturated carbocycles. The molecule has 0 amide bonds. The van der Waals surface area contributed by atoms with Gasteiger partial charge in [-0.15, -0.1) is 11.3 Å². The molecule has 2 aromatic heterocycles. The summed E-state index contributed by atoms with van der Waals surface area (Å²) in [5.74, 6) is 1.01. The van der Waals surface area contributed by atoms with Gasteiger partial charge in [0.1, 0.15) is 5.82 Å². The summed E-state index contributed by atoms with van der Waals surface area (Å²) in [4.78, 5) is 12.0. The fourth-order valence-electron chi connectivity index (χ4n) is 3.54. The predicted octanol–water partition coefficient (Wildman–Crippen LogP) is 4.21. The van der Waals surface area contributed by atoms with Gasteiger partial charge in [-0.1, -0.05) is 12.5 Å². The smallest absolute Gasteiger partial charge is 0.121 e. The third-order valence-electron chi connectivity index (χ3n) is 4.84. The van der Waals surface area contributed by atoms with E-state index in [2.05, 4.69) is 56.8 Å². The van der Waals surface area contributed by atoms with Gasteiger partial charge in [0.25, 0.3) is 0 Å². The first-order valence-electron chi connectivity index (χ1n) is 9.21. The monoisotopic (exact) mass is 354 g/mol. The second-order valence-corrected chi connectivity index (χ2v) is 8.06. The molecular weight excluding hydrogens is 328 g/mol. The second-order valence-electron chi connectivity index (χ2n) is 7.07. The molecule has 4 rings (SSSR count). The molecule has 1 saturated heterocycles. The highest BCUT2D eigenvalue weighted by molar-refractivity contribution is 7.10. The average Bonchev–Trinajstić information content (AvgIpc) is 3.22. The third-order valence-corrected chi connectivity index (χ3v) is 5.83. The minimum absolute atomic E-state index is 0.771. The van der Waals surface area contributed by atoms with Crippen LogP contribution in [0.25, 0.3) is 11.0 Å². The second kappa shape index (κ2) is 7.68. The van der Waals surface area contributed by atoms with Crippen molar-refractivity contribution in [3.63, 3.8) is 0 Å². The Balaban J connectivity index is 1.29. The number of hydrogen-bond acceptors (Lipinski definition) is 4. The maximum Gasteiger partial charge on any atom is 0.121 e. The van der Waals surface area contributed by atoms with Gasteiger partial charge in [0.2, 0.25) is 0 Å². The minimum atomic E-state index is 0.771. The summed E-state index contributed by atoms with van der Waals surface area (Å²) < 4.78 is 0. The van der Waals surface area contributed by atoms with Crippen molar-refractivity contribution in [2.75, 3.05) is 13.1 Å². The number of hydrogen-bond donors (Lipinski definition) is 2. The van der Waals surface area contributed by atoms with Gasteiger partial charge in [-0.3, -0.25) is 4.90 Å². The molecule has 0 aliphatic carbocycles. The Morgan fingerprint density at radius 2 is 2.04 bits per heavy atom. The van der Waals surface area contributed by atoms with Crippen molar-refractivity contribution in [3.8, 4) is 0 Å². The number of imidazole rings is 1. The molecule has 0 spiro atoms. The molecule has 4 nitrogen and oxygen atoms in total. The van der Waals surface area contributed by atoms with Gasteiger partial charge in [-0.25, -0.2) is 4.98 Å².